The summed E-state index contributed by atoms with van der Waals surface area (Å²) in [5.41, 5.74) is 29.0. The molecule has 7 aromatic carbocycles. The largest absolute Gasteiger partial charge is 0.455 e. The molecule has 0 saturated heterocycles. The third-order valence-electron chi connectivity index (χ3n) is 20.8. The average Bonchev–Trinajstić information content (AvgIpc) is 4.10. The normalized spacial score (nSPS) is 20.2. The number of hydrogen-bond donors (Lipinski definition) is 1. The highest BCUT2D eigenvalue weighted by molar-refractivity contribution is 6.74. The highest BCUT2D eigenvalue weighted by Crippen LogP contribution is 2.58. The molecule has 1 aliphatic heterocycles. The van der Waals surface area contributed by atoms with Crippen LogP contribution in [0.5, 0.6) is 0 Å². The van der Waals surface area contributed by atoms with Crippen molar-refractivity contribution in [1.82, 2.24) is 0 Å². The number of fused-ring (bicyclic) bond motifs is 11. The predicted molar refractivity (Wildman–Crippen MR) is 332 cm³/mol. The zero-order valence-corrected chi connectivity index (χ0v) is 49.7. The van der Waals surface area contributed by atoms with Crippen molar-refractivity contribution in [2.75, 3.05) is 10.2 Å². The molecule has 1 aromatic heterocycles. The van der Waals surface area contributed by atoms with E-state index in [1.54, 1.807) is 0 Å². The Morgan fingerprint density at radius 1 is 0.468 bits per heavy atom. The summed E-state index contributed by atoms with van der Waals surface area (Å²) in [7, 11) is 0.784. The number of hydrogen-bond acceptors (Lipinski definition) is 3. The zero-order chi connectivity index (χ0) is 54.5. The number of nitrogens with one attached hydrogen (secondary N) is 1. The van der Waals surface area contributed by atoms with E-state index in [0.717, 1.165) is 47.0 Å². The molecule has 4 heteroatoms. The molecule has 0 spiro atoms. The van der Waals surface area contributed by atoms with Gasteiger partial charge in [0.1, 0.15) is 11.2 Å². The van der Waals surface area contributed by atoms with Crippen LogP contribution in [0.25, 0.3) is 44.2 Å². The van der Waals surface area contributed by atoms with Gasteiger partial charge in [0.05, 0.1) is 0 Å². The van der Waals surface area contributed by atoms with Crippen molar-refractivity contribution in [2.24, 2.45) is 0 Å². The number of anilines is 5. The lowest BCUT2D eigenvalue weighted by molar-refractivity contribution is 0.331. The van der Waals surface area contributed by atoms with Gasteiger partial charge in [-0.25, -0.2) is 0 Å². The molecule has 1 N–H and O–H groups in total. The average molecular weight is 1020 g/mol. The topological polar surface area (TPSA) is 28.4 Å². The van der Waals surface area contributed by atoms with Gasteiger partial charge in [0.2, 0.25) is 0 Å². The van der Waals surface area contributed by atoms with Crippen LogP contribution < -0.4 is 21.1 Å². The van der Waals surface area contributed by atoms with Crippen LogP contribution >= 0.6 is 0 Å². The predicted octanol–water partition coefficient (Wildman–Crippen LogP) is 18.8. The minimum atomic E-state index is -0.225. The summed E-state index contributed by atoms with van der Waals surface area (Å²) in [5.74, 6) is 0. The van der Waals surface area contributed by atoms with Gasteiger partial charge in [0.15, 0.2) is 7.28 Å². The molecule has 394 valence electrons. The zero-order valence-electron chi connectivity index (χ0n) is 49.7. The fourth-order valence-electron chi connectivity index (χ4n) is 15.2. The standard InChI is InChI=1S/C73H83BN2O/c1-66(2,3)42-22-24-43(25-23-42)75-59-40-52-46(47-36-54-55(38-51(47)73(52,16)17)70(10,11)31-30-69(54,8)9)35-49(59)63-64-61(37-48-45-20-18-19-21-62(45)77-65(48)63)76(44-26-27-50-53(34-44)68(6,7)29-28-67(50,4)5)60-41-57-56(39-58(60)74-64)71(12,13)32-33-72(57,14)15/h18-27,34-41,74-75H,28-33H2,1-17H3. The Balaban J connectivity index is 1.14. The van der Waals surface area contributed by atoms with Gasteiger partial charge in [0, 0.05) is 55.8 Å². The Labute approximate surface area is 461 Å². The smallest absolute Gasteiger partial charge is 0.198 e. The van der Waals surface area contributed by atoms with Crippen LogP contribution in [0.4, 0.5) is 28.4 Å². The van der Waals surface area contributed by atoms with Crippen molar-refractivity contribution in [3.05, 3.63) is 159 Å². The molecule has 4 aliphatic carbocycles. The van der Waals surface area contributed by atoms with E-state index in [2.05, 4.69) is 237 Å². The lowest BCUT2D eigenvalue weighted by Gasteiger charge is -2.45. The van der Waals surface area contributed by atoms with Gasteiger partial charge in [0.25, 0.3) is 0 Å². The van der Waals surface area contributed by atoms with Crippen molar-refractivity contribution in [3.8, 4) is 22.3 Å². The van der Waals surface area contributed by atoms with Gasteiger partial charge in [-0.15, -0.1) is 0 Å². The van der Waals surface area contributed by atoms with Crippen molar-refractivity contribution < 1.29 is 4.42 Å². The number of nitrogens with zero attached hydrogens (tertiary/aromatic N) is 1. The molecule has 3 nitrogen and oxygen atoms in total. The van der Waals surface area contributed by atoms with E-state index in [-0.39, 0.29) is 43.3 Å². The summed E-state index contributed by atoms with van der Waals surface area (Å²) < 4.78 is 7.37. The summed E-state index contributed by atoms with van der Waals surface area (Å²) >= 11 is 0. The second-order valence-electron chi connectivity index (χ2n) is 30.3. The lowest BCUT2D eigenvalue weighted by Crippen LogP contribution is -2.44. The monoisotopic (exact) mass is 1010 g/mol. The molecule has 0 amide bonds. The Hall–Kier alpha value is -6.00. The van der Waals surface area contributed by atoms with Crippen LogP contribution in [0.2, 0.25) is 0 Å². The Bertz CT molecular complexity index is 3820. The first-order chi connectivity index (χ1) is 36.0. The van der Waals surface area contributed by atoms with Crippen molar-refractivity contribution in [2.45, 2.75) is 200 Å². The van der Waals surface area contributed by atoms with Gasteiger partial charge in [-0.05, 0) is 204 Å². The molecule has 0 fully saturated rings. The first-order valence-electron chi connectivity index (χ1n) is 29.3. The lowest BCUT2D eigenvalue weighted by atomic mass is 9.55. The Morgan fingerprint density at radius 2 is 1.00 bits per heavy atom. The van der Waals surface area contributed by atoms with Crippen LogP contribution in [0.1, 0.15) is 206 Å². The van der Waals surface area contributed by atoms with E-state index < -0.39 is 0 Å². The Morgan fingerprint density at radius 3 is 1.62 bits per heavy atom. The van der Waals surface area contributed by atoms with Crippen LogP contribution in [0.15, 0.2) is 114 Å². The second kappa shape index (κ2) is 16.1. The van der Waals surface area contributed by atoms with E-state index in [1.807, 2.05) is 0 Å². The summed E-state index contributed by atoms with van der Waals surface area (Å²) in [6.07, 6.45) is 7.06. The Kier molecular flexibility index (Phi) is 10.5. The van der Waals surface area contributed by atoms with Crippen molar-refractivity contribution in [1.29, 1.82) is 0 Å². The van der Waals surface area contributed by atoms with Crippen molar-refractivity contribution >= 4 is 68.6 Å². The molecule has 0 bridgehead atoms. The van der Waals surface area contributed by atoms with E-state index in [4.69, 9.17) is 4.42 Å². The van der Waals surface area contributed by atoms with E-state index >= 15 is 0 Å². The molecule has 5 aliphatic rings. The molecule has 77 heavy (non-hydrogen) atoms. The number of furan rings is 1. The number of benzene rings is 7. The maximum atomic E-state index is 7.37. The molecule has 0 atom stereocenters. The van der Waals surface area contributed by atoms with E-state index in [9.17, 15) is 0 Å². The SMILES string of the molecule is CC(C)(C)c1ccc(Nc2cc3c(cc2-c2c4c(cc5c2oc2ccccc25)N(c2ccc5c(c2)C(C)(C)CCC5(C)C)c2cc5c(cc2B4)C(C)(C)CCC5(C)C)-c2cc4c(cc2C3(C)C)C(C)(C)CCC4(C)C)cc1. The summed E-state index contributed by atoms with van der Waals surface area (Å²) in [4.78, 5) is 2.69. The molecule has 0 unspecified atom stereocenters. The molecule has 13 rings (SSSR count). The van der Waals surface area contributed by atoms with Gasteiger partial charge in [-0.3, -0.25) is 0 Å². The number of rotatable bonds is 4. The first-order valence-corrected chi connectivity index (χ1v) is 29.3. The third kappa shape index (κ3) is 7.56. The van der Waals surface area contributed by atoms with Gasteiger partial charge < -0.3 is 14.6 Å². The summed E-state index contributed by atoms with van der Waals surface area (Å²) in [5, 5.41) is 6.45. The van der Waals surface area contributed by atoms with Crippen molar-refractivity contribution in [3.63, 3.8) is 0 Å². The van der Waals surface area contributed by atoms with Gasteiger partial charge >= 0.3 is 0 Å². The fraction of sp³-hybridized carbons (Fsp3) is 0.425. The summed E-state index contributed by atoms with van der Waals surface area (Å²) in [6, 6.07) is 43.6. The molecule has 0 radical (unpaired) electrons. The quantitative estimate of drug-likeness (QED) is 0.178. The van der Waals surface area contributed by atoms with Crippen LogP contribution in [-0.4, -0.2) is 7.28 Å². The van der Waals surface area contributed by atoms with E-state index in [1.165, 1.54) is 132 Å². The molecule has 0 saturated carbocycles. The minimum absolute atomic E-state index is 0.0434. The second-order valence-corrected chi connectivity index (χ2v) is 30.3. The van der Waals surface area contributed by atoms with Gasteiger partial charge in [-0.1, -0.05) is 172 Å². The maximum absolute atomic E-state index is 7.37. The first kappa shape index (κ1) is 50.5. The highest BCUT2D eigenvalue weighted by atomic mass is 16.3. The molecule has 2 heterocycles. The van der Waals surface area contributed by atoms with E-state index in [0.29, 0.717) is 0 Å². The third-order valence-corrected chi connectivity index (χ3v) is 20.8. The van der Waals surface area contributed by atoms with Crippen LogP contribution in [0, 0.1) is 0 Å². The van der Waals surface area contributed by atoms with Gasteiger partial charge in [-0.2, -0.15) is 0 Å². The maximum Gasteiger partial charge on any atom is 0.198 e. The number of para-hydroxylation sites is 1. The minimum Gasteiger partial charge on any atom is -0.455 e. The highest BCUT2D eigenvalue weighted by Gasteiger charge is 2.45. The molecular formula is C73H83BN2O. The molecule has 8 aromatic rings. The summed E-state index contributed by atoms with van der Waals surface area (Å²) in [6.45, 7) is 41.5. The van der Waals surface area contributed by atoms with Crippen LogP contribution in [-0.2, 0) is 43.3 Å². The fourth-order valence-corrected chi connectivity index (χ4v) is 15.2. The molecular weight excluding hydrogens is 932 g/mol. The van der Waals surface area contributed by atoms with Crippen LogP contribution in [0.3, 0.4) is 0 Å².